The van der Waals surface area contributed by atoms with E-state index in [9.17, 15) is 0 Å². The molecule has 0 amide bonds. The van der Waals surface area contributed by atoms with Crippen LogP contribution in [0.25, 0.3) is 10.8 Å². The minimum atomic E-state index is 0.382. The number of fused-ring (bicyclic) bond motifs is 1. The van der Waals surface area contributed by atoms with Crippen molar-refractivity contribution in [3.63, 3.8) is 0 Å². The van der Waals surface area contributed by atoms with Crippen LogP contribution in [0.4, 0.5) is 0 Å². The van der Waals surface area contributed by atoms with Crippen LogP contribution in [0, 0.1) is 6.92 Å². The van der Waals surface area contributed by atoms with Gasteiger partial charge in [-0.1, -0.05) is 48.0 Å². The molecule has 3 nitrogen and oxygen atoms in total. The molecule has 0 unspecified atom stereocenters. The van der Waals surface area contributed by atoms with Crippen LogP contribution in [0.2, 0.25) is 5.15 Å². The quantitative estimate of drug-likeness (QED) is 0.693. The van der Waals surface area contributed by atoms with Gasteiger partial charge in [-0.3, -0.25) is 0 Å². The van der Waals surface area contributed by atoms with Gasteiger partial charge in [0.05, 0.1) is 0 Å². The van der Waals surface area contributed by atoms with Crippen LogP contribution in [0.1, 0.15) is 5.56 Å². The summed E-state index contributed by atoms with van der Waals surface area (Å²) in [5, 5.41) is 10.0. The number of aromatic nitrogens is 2. The Morgan fingerprint density at radius 1 is 0.895 bits per heavy atom. The highest BCUT2D eigenvalue weighted by molar-refractivity contribution is 6.34. The summed E-state index contributed by atoms with van der Waals surface area (Å²) in [6.45, 7) is 1.99. The van der Waals surface area contributed by atoms with Crippen molar-refractivity contribution in [3.8, 4) is 11.6 Å². The first-order valence-corrected chi connectivity index (χ1v) is 6.28. The normalized spacial score (nSPS) is 10.6. The monoisotopic (exact) mass is 270 g/mol. The molecule has 0 fully saturated rings. The van der Waals surface area contributed by atoms with E-state index in [1.807, 2.05) is 55.5 Å². The molecule has 0 atom stereocenters. The summed E-state index contributed by atoms with van der Waals surface area (Å²) in [7, 11) is 0. The summed E-state index contributed by atoms with van der Waals surface area (Å²) in [5.41, 5.74) is 1.04. The average Bonchev–Trinajstić information content (AvgIpc) is 2.44. The molecule has 0 aliphatic carbocycles. The number of hydrogen-bond acceptors (Lipinski definition) is 3. The van der Waals surface area contributed by atoms with Crippen molar-refractivity contribution in [2.45, 2.75) is 6.92 Å². The minimum Gasteiger partial charge on any atom is -0.437 e. The Balaban J connectivity index is 2.12. The van der Waals surface area contributed by atoms with Gasteiger partial charge in [-0.05, 0) is 24.6 Å². The lowest BCUT2D eigenvalue weighted by Gasteiger charge is -2.09. The Bertz CT molecular complexity index is 743. The topological polar surface area (TPSA) is 35.0 Å². The highest BCUT2D eigenvalue weighted by atomic mass is 35.5. The van der Waals surface area contributed by atoms with E-state index in [4.69, 9.17) is 16.3 Å². The number of para-hydroxylation sites is 1. The van der Waals surface area contributed by atoms with Crippen LogP contribution in [-0.4, -0.2) is 10.2 Å². The third-order valence-corrected chi connectivity index (χ3v) is 3.19. The van der Waals surface area contributed by atoms with Crippen LogP contribution < -0.4 is 4.74 Å². The zero-order chi connectivity index (χ0) is 13.2. The minimum absolute atomic E-state index is 0.382. The van der Waals surface area contributed by atoms with Crippen molar-refractivity contribution in [3.05, 3.63) is 59.2 Å². The van der Waals surface area contributed by atoms with E-state index < -0.39 is 0 Å². The number of hydrogen-bond donors (Lipinski definition) is 0. The largest absolute Gasteiger partial charge is 0.437 e. The van der Waals surface area contributed by atoms with Gasteiger partial charge in [0.1, 0.15) is 5.75 Å². The second-order valence-corrected chi connectivity index (χ2v) is 4.57. The summed E-state index contributed by atoms with van der Waals surface area (Å²) in [6, 6.07) is 15.4. The summed E-state index contributed by atoms with van der Waals surface area (Å²) in [4.78, 5) is 0. The van der Waals surface area contributed by atoms with E-state index >= 15 is 0 Å². The maximum atomic E-state index is 6.03. The van der Waals surface area contributed by atoms with Crippen molar-refractivity contribution in [2.24, 2.45) is 0 Å². The fraction of sp³-hybridized carbons (Fsp3) is 0.0667. The lowest BCUT2D eigenvalue weighted by molar-refractivity contribution is 0.458. The lowest BCUT2D eigenvalue weighted by Crippen LogP contribution is -1.94. The molecule has 94 valence electrons. The predicted octanol–water partition coefficient (Wildman–Crippen LogP) is 4.38. The molecule has 2 aromatic carbocycles. The van der Waals surface area contributed by atoms with E-state index in [0.29, 0.717) is 11.0 Å². The molecule has 19 heavy (non-hydrogen) atoms. The smallest absolute Gasteiger partial charge is 0.246 e. The summed E-state index contributed by atoms with van der Waals surface area (Å²) >= 11 is 6.03. The molecule has 0 saturated carbocycles. The lowest BCUT2D eigenvalue weighted by atomic mass is 10.2. The average molecular weight is 271 g/mol. The number of aryl methyl sites for hydroxylation is 1. The van der Waals surface area contributed by atoms with Crippen molar-refractivity contribution < 1.29 is 4.74 Å². The first kappa shape index (κ1) is 11.9. The fourth-order valence-corrected chi connectivity index (χ4v) is 2.10. The van der Waals surface area contributed by atoms with Gasteiger partial charge in [0.25, 0.3) is 0 Å². The Hall–Kier alpha value is -2.13. The Morgan fingerprint density at radius 2 is 1.58 bits per heavy atom. The number of nitrogens with zero attached hydrogens (tertiary/aromatic N) is 2. The van der Waals surface area contributed by atoms with Gasteiger partial charge in [-0.2, -0.15) is 0 Å². The maximum absolute atomic E-state index is 6.03. The van der Waals surface area contributed by atoms with Gasteiger partial charge < -0.3 is 4.74 Å². The number of rotatable bonds is 2. The zero-order valence-electron chi connectivity index (χ0n) is 10.3. The summed E-state index contributed by atoms with van der Waals surface area (Å²) in [6.07, 6.45) is 0. The molecule has 0 bridgehead atoms. The van der Waals surface area contributed by atoms with E-state index in [2.05, 4.69) is 10.2 Å². The molecule has 1 aromatic heterocycles. The van der Waals surface area contributed by atoms with Crippen molar-refractivity contribution in [2.75, 3.05) is 0 Å². The van der Waals surface area contributed by atoms with E-state index in [0.717, 1.165) is 22.1 Å². The Labute approximate surface area is 115 Å². The van der Waals surface area contributed by atoms with Crippen LogP contribution in [-0.2, 0) is 0 Å². The Morgan fingerprint density at radius 3 is 2.37 bits per heavy atom. The van der Waals surface area contributed by atoms with Gasteiger partial charge in [0.15, 0.2) is 5.15 Å². The SMILES string of the molecule is Cc1ccccc1Oc1nnc(Cl)c2ccccc12. The van der Waals surface area contributed by atoms with Gasteiger partial charge >= 0.3 is 0 Å². The molecule has 4 heteroatoms. The second-order valence-electron chi connectivity index (χ2n) is 4.21. The van der Waals surface area contributed by atoms with Crippen LogP contribution in [0.5, 0.6) is 11.6 Å². The maximum Gasteiger partial charge on any atom is 0.246 e. The van der Waals surface area contributed by atoms with Gasteiger partial charge in [0, 0.05) is 10.8 Å². The molecule has 0 aliphatic rings. The first-order chi connectivity index (χ1) is 9.25. The van der Waals surface area contributed by atoms with Crippen LogP contribution in [0.15, 0.2) is 48.5 Å². The van der Waals surface area contributed by atoms with Gasteiger partial charge in [0.2, 0.25) is 5.88 Å². The van der Waals surface area contributed by atoms with Crippen molar-refractivity contribution in [1.82, 2.24) is 10.2 Å². The molecule has 3 aromatic rings. The van der Waals surface area contributed by atoms with Crippen molar-refractivity contribution in [1.29, 1.82) is 0 Å². The predicted molar refractivity (Wildman–Crippen MR) is 75.8 cm³/mol. The molecule has 1 heterocycles. The molecular weight excluding hydrogens is 260 g/mol. The van der Waals surface area contributed by atoms with Gasteiger partial charge in [-0.25, -0.2) is 0 Å². The van der Waals surface area contributed by atoms with Crippen LogP contribution in [0.3, 0.4) is 0 Å². The Kier molecular flexibility index (Phi) is 3.05. The van der Waals surface area contributed by atoms with E-state index in [-0.39, 0.29) is 0 Å². The second kappa shape index (κ2) is 4.86. The first-order valence-electron chi connectivity index (χ1n) is 5.90. The molecular formula is C15H11ClN2O. The summed E-state index contributed by atoms with van der Waals surface area (Å²) in [5.74, 6) is 1.23. The summed E-state index contributed by atoms with van der Waals surface area (Å²) < 4.78 is 5.85. The third-order valence-electron chi connectivity index (χ3n) is 2.91. The highest BCUT2D eigenvalue weighted by Gasteiger charge is 2.10. The number of halogens is 1. The van der Waals surface area contributed by atoms with E-state index in [1.54, 1.807) is 0 Å². The molecule has 0 radical (unpaired) electrons. The molecule has 3 rings (SSSR count). The molecule has 0 N–H and O–H groups in total. The molecule has 0 spiro atoms. The van der Waals surface area contributed by atoms with Crippen molar-refractivity contribution >= 4 is 22.4 Å². The highest BCUT2D eigenvalue weighted by Crippen LogP contribution is 2.31. The molecule has 0 aliphatic heterocycles. The fourth-order valence-electron chi connectivity index (χ4n) is 1.90. The van der Waals surface area contributed by atoms with E-state index in [1.165, 1.54) is 0 Å². The standard InChI is InChI=1S/C15H11ClN2O/c1-10-6-2-5-9-13(10)19-15-12-8-4-3-7-11(12)14(16)17-18-15/h2-9H,1H3. The number of benzene rings is 2. The third kappa shape index (κ3) is 2.25. The zero-order valence-corrected chi connectivity index (χ0v) is 11.1. The van der Waals surface area contributed by atoms with Gasteiger partial charge in [-0.15, -0.1) is 10.2 Å². The number of ether oxygens (including phenoxy) is 1. The van der Waals surface area contributed by atoms with Crippen LogP contribution >= 0.6 is 11.6 Å². The molecule has 0 saturated heterocycles.